The van der Waals surface area contributed by atoms with Crippen molar-refractivity contribution in [1.29, 1.82) is 0 Å². The van der Waals surface area contributed by atoms with Gasteiger partial charge >= 0.3 is 134 Å². The van der Waals surface area contributed by atoms with Gasteiger partial charge in [-0.3, -0.25) is 0 Å². The molecule has 0 heterocycles. The van der Waals surface area contributed by atoms with Crippen LogP contribution in [0.2, 0.25) is 0 Å². The first kappa shape index (κ1) is 18.9. The molecule has 0 aliphatic carbocycles. The van der Waals surface area contributed by atoms with Crippen LogP contribution in [0.3, 0.4) is 0 Å². The van der Waals surface area contributed by atoms with Crippen LogP contribution < -0.4 is 0 Å². The van der Waals surface area contributed by atoms with E-state index in [-0.39, 0.29) is 24.0 Å². The molecule has 0 aromatic heterocycles. The summed E-state index contributed by atoms with van der Waals surface area (Å²) < 4.78 is 11.9. The van der Waals surface area contributed by atoms with Crippen molar-refractivity contribution in [2.75, 3.05) is 13.2 Å². The van der Waals surface area contributed by atoms with Crippen LogP contribution in [0.1, 0.15) is 27.7 Å². The van der Waals surface area contributed by atoms with Crippen LogP contribution in [0.5, 0.6) is 0 Å². The summed E-state index contributed by atoms with van der Waals surface area (Å²) in [6.45, 7) is 12.9. The number of rotatable bonds is 7. The number of hydrogen-bond donors (Lipinski definition) is 0. The minimum absolute atomic E-state index is 0.0725. The molecular weight excluding hydrogens is 420 g/mol. The Kier molecular flexibility index (Phi) is 7.81. The monoisotopic (exact) mass is 442 g/mol. The summed E-state index contributed by atoms with van der Waals surface area (Å²) in [6.07, 6.45) is 14.2. The second-order valence-electron chi connectivity index (χ2n) is 5.47. The van der Waals surface area contributed by atoms with Gasteiger partial charge in [-0.1, -0.05) is 0 Å². The third kappa shape index (κ3) is 5.13. The molecule has 0 saturated heterocycles. The van der Waals surface area contributed by atoms with Crippen molar-refractivity contribution < 1.29 is 28.8 Å². The standard InChI is InChI=1S/C17H22O2.W/c1-8-12-18-14-11-15(19-13-9-2)17(7,10-3)16(4,5)6;/h1-2,10-11H,3,12-13H2,4-7H3;/b15-11+;. The first-order valence-electron chi connectivity index (χ1n) is 6.25. The Hall–Kier alpha value is -1.08. The van der Waals surface area contributed by atoms with Crippen LogP contribution in [0.25, 0.3) is 0 Å². The van der Waals surface area contributed by atoms with Crippen LogP contribution in [-0.4, -0.2) is 17.3 Å². The van der Waals surface area contributed by atoms with Gasteiger partial charge < -0.3 is 0 Å². The molecule has 0 aliphatic heterocycles. The zero-order chi connectivity index (χ0) is 15.8. The molecule has 0 aliphatic rings. The van der Waals surface area contributed by atoms with Gasteiger partial charge in [0.15, 0.2) is 0 Å². The zero-order valence-corrected chi connectivity index (χ0v) is 15.6. The minimum atomic E-state index is -0.357. The molecule has 3 heteroatoms. The van der Waals surface area contributed by atoms with E-state index in [2.05, 4.69) is 46.1 Å². The molecule has 20 heavy (non-hydrogen) atoms. The van der Waals surface area contributed by atoms with Crippen molar-refractivity contribution in [1.82, 2.24) is 0 Å². The number of ether oxygens (including phenoxy) is 2. The van der Waals surface area contributed by atoms with Gasteiger partial charge in [0.2, 0.25) is 0 Å². The van der Waals surface area contributed by atoms with E-state index in [0.29, 0.717) is 0 Å². The fourth-order valence-electron chi connectivity index (χ4n) is 1.50. The van der Waals surface area contributed by atoms with E-state index >= 15 is 0 Å². The van der Waals surface area contributed by atoms with Crippen molar-refractivity contribution in [2.45, 2.75) is 27.7 Å². The summed E-state index contributed by atoms with van der Waals surface area (Å²) in [7, 11) is 0. The Bertz CT molecular complexity index is 469. The molecule has 0 aromatic rings. The van der Waals surface area contributed by atoms with Crippen molar-refractivity contribution in [3.63, 3.8) is 0 Å². The van der Waals surface area contributed by atoms with Gasteiger partial charge in [-0.2, -0.15) is 0 Å². The topological polar surface area (TPSA) is 18.5 Å². The van der Waals surface area contributed by atoms with Crippen LogP contribution in [0.4, 0.5) is 0 Å². The first-order valence-corrected chi connectivity index (χ1v) is 7.72. The SMILES string of the molecule is C#CCO[C](=[W])/C=C(/OCC#C)C(C)(C=C)C(C)(C)C. The van der Waals surface area contributed by atoms with Crippen molar-refractivity contribution in [2.24, 2.45) is 10.8 Å². The molecule has 0 aromatic carbocycles. The Balaban J connectivity index is 5.50. The molecular formula is C17H22O2W. The first-order chi connectivity index (χ1) is 9.22. The van der Waals surface area contributed by atoms with Gasteiger partial charge in [0, 0.05) is 0 Å². The Morgan fingerprint density at radius 1 is 1.15 bits per heavy atom. The normalized spacial score (nSPS) is 14.6. The number of allylic oxidation sites excluding steroid dienone is 1. The summed E-state index contributed by atoms with van der Waals surface area (Å²) in [5, 5.41) is 0. The molecule has 0 spiro atoms. The molecule has 0 rings (SSSR count). The quantitative estimate of drug-likeness (QED) is 0.343. The maximum atomic E-state index is 5.74. The molecule has 0 amide bonds. The van der Waals surface area contributed by atoms with Crippen LogP contribution in [0.15, 0.2) is 24.5 Å². The van der Waals surface area contributed by atoms with Gasteiger partial charge in [0.05, 0.1) is 0 Å². The third-order valence-corrected chi connectivity index (χ3v) is 4.18. The molecule has 1 unspecified atom stereocenters. The Morgan fingerprint density at radius 3 is 2.05 bits per heavy atom. The fraction of sp³-hybridized carbons (Fsp3) is 0.471. The van der Waals surface area contributed by atoms with E-state index < -0.39 is 0 Å². The average Bonchev–Trinajstić information content (AvgIpc) is 2.38. The molecule has 0 fully saturated rings. The summed E-state index contributed by atoms with van der Waals surface area (Å²) in [6, 6.07) is 0. The number of terminal acetylenes is 2. The second kappa shape index (κ2) is 8.26. The molecule has 2 nitrogen and oxygen atoms in total. The summed E-state index contributed by atoms with van der Waals surface area (Å²) in [5.74, 6) is 5.68. The molecule has 0 bridgehead atoms. The van der Waals surface area contributed by atoms with Gasteiger partial charge in [0.25, 0.3) is 0 Å². The van der Waals surface area contributed by atoms with Gasteiger partial charge in [-0.05, 0) is 0 Å². The van der Waals surface area contributed by atoms with E-state index in [1.54, 1.807) is 0 Å². The van der Waals surface area contributed by atoms with E-state index in [4.69, 9.17) is 22.3 Å². The van der Waals surface area contributed by atoms with E-state index in [0.717, 1.165) is 9.84 Å². The Morgan fingerprint density at radius 2 is 1.65 bits per heavy atom. The molecule has 0 saturated carbocycles. The van der Waals surface area contributed by atoms with Crippen LogP contribution in [-0.2, 0) is 28.8 Å². The van der Waals surface area contributed by atoms with Gasteiger partial charge in [0.1, 0.15) is 0 Å². The summed E-state index contributed by atoms with van der Waals surface area (Å²) >= 11 is 1.18. The van der Waals surface area contributed by atoms with Crippen molar-refractivity contribution >= 4 is 4.08 Å². The van der Waals surface area contributed by atoms with Gasteiger partial charge in [-0.25, -0.2) is 0 Å². The van der Waals surface area contributed by atoms with Crippen LogP contribution >= 0.6 is 0 Å². The van der Waals surface area contributed by atoms with Crippen molar-refractivity contribution in [3.8, 4) is 24.7 Å². The predicted molar refractivity (Wildman–Crippen MR) is 80.4 cm³/mol. The Labute approximate surface area is 134 Å². The van der Waals surface area contributed by atoms with Crippen molar-refractivity contribution in [3.05, 3.63) is 24.5 Å². The van der Waals surface area contributed by atoms with E-state index in [1.165, 1.54) is 19.4 Å². The fourth-order valence-corrected chi connectivity index (χ4v) is 2.10. The summed E-state index contributed by atoms with van der Waals surface area (Å²) in [5.41, 5.74) is -0.430. The van der Waals surface area contributed by atoms with E-state index in [9.17, 15) is 0 Å². The second-order valence-corrected chi connectivity index (χ2v) is 6.92. The average molecular weight is 442 g/mol. The molecule has 0 radical (unpaired) electrons. The van der Waals surface area contributed by atoms with Gasteiger partial charge in [-0.15, -0.1) is 0 Å². The molecule has 108 valence electrons. The molecule has 0 N–H and O–H groups in total. The zero-order valence-electron chi connectivity index (χ0n) is 12.7. The van der Waals surface area contributed by atoms with E-state index in [1.807, 2.05) is 12.2 Å². The maximum absolute atomic E-state index is 5.74. The number of hydrogen-bond acceptors (Lipinski definition) is 2. The van der Waals surface area contributed by atoms with Crippen LogP contribution in [0, 0.1) is 35.5 Å². The summed E-state index contributed by atoms with van der Waals surface area (Å²) in [4.78, 5) is 0. The molecule has 1 atom stereocenters. The predicted octanol–water partition coefficient (Wildman–Crippen LogP) is 3.09. The third-order valence-electron chi connectivity index (χ3n) is 3.34.